The van der Waals surface area contributed by atoms with E-state index in [1.807, 2.05) is 0 Å². The number of carboxylic acids is 1. The zero-order valence-electron chi connectivity index (χ0n) is 9.69. The Morgan fingerprint density at radius 3 is 2.56 bits per heavy atom. The van der Waals surface area contributed by atoms with Crippen molar-refractivity contribution in [3.05, 3.63) is 0 Å². The molecule has 4 nitrogen and oxygen atoms in total. The number of unbranched alkanes of at least 4 members (excludes halogenated alkanes) is 1. The van der Waals surface area contributed by atoms with Crippen LogP contribution >= 0.6 is 0 Å². The number of carbonyl (C=O) groups is 1. The van der Waals surface area contributed by atoms with Crippen molar-refractivity contribution in [1.29, 1.82) is 0 Å². The maximum absolute atomic E-state index is 11.3. The van der Waals surface area contributed by atoms with E-state index in [-0.39, 0.29) is 12.0 Å². The molecule has 5 heteroatoms. The van der Waals surface area contributed by atoms with Crippen LogP contribution in [0.2, 0.25) is 6.32 Å². The highest BCUT2D eigenvalue weighted by Gasteiger charge is 2.44. The molecule has 0 aromatic carbocycles. The summed E-state index contributed by atoms with van der Waals surface area (Å²) in [4.78, 5) is 11.3. The second kappa shape index (κ2) is 5.68. The van der Waals surface area contributed by atoms with Crippen LogP contribution in [-0.4, -0.2) is 30.5 Å². The number of hydrogen-bond donors (Lipinski definition) is 3. The van der Waals surface area contributed by atoms with Crippen LogP contribution in [0.4, 0.5) is 0 Å². The lowest BCUT2D eigenvalue weighted by molar-refractivity contribution is -0.146. The van der Waals surface area contributed by atoms with Crippen molar-refractivity contribution in [2.24, 2.45) is 17.4 Å². The van der Waals surface area contributed by atoms with E-state index < -0.39 is 11.5 Å². The molecule has 0 aliphatic heterocycles. The van der Waals surface area contributed by atoms with E-state index in [0.29, 0.717) is 12.7 Å². The zero-order valence-corrected chi connectivity index (χ0v) is 9.69. The van der Waals surface area contributed by atoms with Gasteiger partial charge in [-0.3, -0.25) is 4.79 Å². The van der Waals surface area contributed by atoms with Gasteiger partial charge in [-0.05, 0) is 31.6 Å². The molecule has 0 bridgehead atoms. The Morgan fingerprint density at radius 1 is 1.44 bits per heavy atom. The number of carboxylic acid groups (broad SMARTS) is 1. The zero-order chi connectivity index (χ0) is 12.2. The average Bonchev–Trinajstić information content (AvgIpc) is 2.65. The molecule has 16 heavy (non-hydrogen) atoms. The highest BCUT2D eigenvalue weighted by atomic mass is 16.4. The quantitative estimate of drug-likeness (QED) is 0.456. The Bertz CT molecular complexity index is 250. The fourth-order valence-electron chi connectivity index (χ4n) is 2.53. The number of aliphatic carboxylic acids is 1. The molecule has 1 aliphatic rings. The van der Waals surface area contributed by atoms with Gasteiger partial charge in [0.15, 0.2) is 0 Å². The molecule has 0 amide bonds. The van der Waals surface area contributed by atoms with Gasteiger partial charge in [0, 0.05) is 6.04 Å². The summed E-state index contributed by atoms with van der Waals surface area (Å²) in [6, 6.07) is 0.113. The Kier molecular flexibility index (Phi) is 4.80. The Balaban J connectivity index is 2.60. The topological polar surface area (TPSA) is 89.3 Å². The molecule has 1 saturated carbocycles. The van der Waals surface area contributed by atoms with Crippen molar-refractivity contribution in [2.45, 2.75) is 56.4 Å². The monoisotopic (exact) mass is 224 g/mol. The molecule has 90 valence electrons. The van der Waals surface area contributed by atoms with Gasteiger partial charge in [0.1, 0.15) is 5.54 Å². The summed E-state index contributed by atoms with van der Waals surface area (Å²) in [5.41, 5.74) is 10.8. The fraction of sp³-hybridized carbons (Fsp3) is 0.909. The first-order valence-corrected chi connectivity index (χ1v) is 5.98. The van der Waals surface area contributed by atoms with Gasteiger partial charge in [0.2, 0.25) is 0 Å². The largest absolute Gasteiger partial charge is 0.480 e. The summed E-state index contributed by atoms with van der Waals surface area (Å²) in [5, 5.41) is 9.28. The first-order valence-electron chi connectivity index (χ1n) is 5.98. The van der Waals surface area contributed by atoms with Crippen LogP contribution in [0.25, 0.3) is 0 Å². The molecule has 2 radical (unpaired) electrons. The van der Waals surface area contributed by atoms with Gasteiger partial charge in [-0.15, -0.1) is 0 Å². The third-order valence-corrected chi connectivity index (χ3v) is 3.64. The SMILES string of the molecule is [B]CCCCC(N)(C(=O)O)C1CC[C@H](N)C1. The minimum absolute atomic E-state index is 0.0118. The summed E-state index contributed by atoms with van der Waals surface area (Å²) < 4.78 is 0. The minimum Gasteiger partial charge on any atom is -0.480 e. The Hall–Kier alpha value is -0.545. The van der Waals surface area contributed by atoms with Gasteiger partial charge >= 0.3 is 5.97 Å². The van der Waals surface area contributed by atoms with Crippen molar-refractivity contribution in [2.75, 3.05) is 0 Å². The summed E-state index contributed by atoms with van der Waals surface area (Å²) in [6.45, 7) is 0. The van der Waals surface area contributed by atoms with Crippen LogP contribution in [0, 0.1) is 5.92 Å². The third kappa shape index (κ3) is 2.98. The number of hydrogen-bond acceptors (Lipinski definition) is 3. The predicted octanol–water partition coefficient (Wildman–Crippen LogP) is 0.653. The molecular formula is C11H21BN2O2. The minimum atomic E-state index is -1.11. The molecule has 0 spiro atoms. The smallest absolute Gasteiger partial charge is 0.323 e. The van der Waals surface area contributed by atoms with E-state index in [1.165, 1.54) is 0 Å². The Labute approximate surface area is 98.2 Å². The van der Waals surface area contributed by atoms with Gasteiger partial charge < -0.3 is 16.6 Å². The standard InChI is InChI=1S/C11H21BN2O2/c12-6-2-1-5-11(14,10(15)16)8-3-4-9(13)7-8/h8-9H,1-7,13-14H2,(H,15,16)/t8?,9-,11?/m0/s1. The van der Waals surface area contributed by atoms with Gasteiger partial charge in [0.25, 0.3) is 0 Å². The van der Waals surface area contributed by atoms with E-state index in [0.717, 1.165) is 32.1 Å². The van der Waals surface area contributed by atoms with Gasteiger partial charge in [-0.1, -0.05) is 19.2 Å². The predicted molar refractivity (Wildman–Crippen MR) is 64.3 cm³/mol. The van der Waals surface area contributed by atoms with E-state index in [9.17, 15) is 9.90 Å². The molecule has 3 atom stereocenters. The van der Waals surface area contributed by atoms with Crippen molar-refractivity contribution < 1.29 is 9.90 Å². The van der Waals surface area contributed by atoms with Crippen LogP contribution in [-0.2, 0) is 4.79 Å². The molecule has 2 unspecified atom stereocenters. The molecule has 0 heterocycles. The summed E-state index contributed by atoms with van der Waals surface area (Å²) in [5.74, 6) is -0.888. The Morgan fingerprint density at radius 2 is 2.12 bits per heavy atom. The van der Waals surface area contributed by atoms with Crippen LogP contribution < -0.4 is 11.5 Å². The molecule has 1 rings (SSSR count). The second-order valence-corrected chi connectivity index (χ2v) is 4.86. The molecule has 1 fully saturated rings. The van der Waals surface area contributed by atoms with Crippen molar-refractivity contribution in [3.8, 4) is 0 Å². The molecule has 0 saturated heterocycles. The molecule has 5 N–H and O–H groups in total. The molecule has 1 aliphatic carbocycles. The maximum Gasteiger partial charge on any atom is 0.323 e. The maximum atomic E-state index is 11.3. The molecule has 0 aromatic rings. The van der Waals surface area contributed by atoms with Crippen LogP contribution in [0.1, 0.15) is 38.5 Å². The van der Waals surface area contributed by atoms with Crippen molar-refractivity contribution >= 4 is 13.8 Å². The number of rotatable bonds is 6. The fourth-order valence-corrected chi connectivity index (χ4v) is 2.53. The molecular weight excluding hydrogens is 203 g/mol. The van der Waals surface area contributed by atoms with E-state index >= 15 is 0 Å². The van der Waals surface area contributed by atoms with Gasteiger partial charge in [-0.2, -0.15) is 0 Å². The first kappa shape index (κ1) is 13.5. The highest BCUT2D eigenvalue weighted by Crippen LogP contribution is 2.35. The van der Waals surface area contributed by atoms with Gasteiger partial charge in [-0.25, -0.2) is 0 Å². The highest BCUT2D eigenvalue weighted by molar-refractivity contribution is 6.08. The van der Waals surface area contributed by atoms with E-state index in [4.69, 9.17) is 19.3 Å². The van der Waals surface area contributed by atoms with Crippen LogP contribution in [0.5, 0.6) is 0 Å². The van der Waals surface area contributed by atoms with Crippen LogP contribution in [0.15, 0.2) is 0 Å². The average molecular weight is 224 g/mol. The molecule has 0 aromatic heterocycles. The lowest BCUT2D eigenvalue weighted by Crippen LogP contribution is -2.53. The van der Waals surface area contributed by atoms with Crippen LogP contribution in [0.3, 0.4) is 0 Å². The first-order chi connectivity index (χ1) is 7.50. The lowest BCUT2D eigenvalue weighted by Gasteiger charge is -2.31. The van der Waals surface area contributed by atoms with Crippen molar-refractivity contribution in [1.82, 2.24) is 0 Å². The van der Waals surface area contributed by atoms with Gasteiger partial charge in [0.05, 0.1) is 7.85 Å². The lowest BCUT2D eigenvalue weighted by atomic mass is 9.79. The summed E-state index contributed by atoms with van der Waals surface area (Å²) in [7, 11) is 5.40. The van der Waals surface area contributed by atoms with E-state index in [1.54, 1.807) is 0 Å². The van der Waals surface area contributed by atoms with Crippen molar-refractivity contribution in [3.63, 3.8) is 0 Å². The summed E-state index contributed by atoms with van der Waals surface area (Å²) >= 11 is 0. The van der Waals surface area contributed by atoms with E-state index in [2.05, 4.69) is 0 Å². The third-order valence-electron chi connectivity index (χ3n) is 3.64. The number of nitrogens with two attached hydrogens (primary N) is 2. The summed E-state index contributed by atoms with van der Waals surface area (Å²) in [6.07, 6.45) is 5.11. The second-order valence-electron chi connectivity index (χ2n) is 4.86. The normalized spacial score (nSPS) is 28.9.